The van der Waals surface area contributed by atoms with Crippen LogP contribution in [-0.2, 0) is 9.59 Å². The number of hydrogen-bond donors (Lipinski definition) is 1. The molecule has 1 aliphatic carbocycles. The summed E-state index contributed by atoms with van der Waals surface area (Å²) in [7, 11) is 0. The smallest absolute Gasteiger partial charge is 0.245 e. The Morgan fingerprint density at radius 1 is 1.50 bits per heavy atom. The van der Waals surface area contributed by atoms with Crippen LogP contribution in [0.1, 0.15) is 32.6 Å². The molecule has 0 radical (unpaired) electrons. The van der Waals surface area contributed by atoms with E-state index in [-0.39, 0.29) is 24.4 Å². The predicted octanol–water partition coefficient (Wildman–Crippen LogP) is 0.834. The van der Waals surface area contributed by atoms with Gasteiger partial charge >= 0.3 is 0 Å². The van der Waals surface area contributed by atoms with E-state index in [2.05, 4.69) is 11.4 Å². The number of amides is 2. The molecule has 1 unspecified atom stereocenters. The van der Waals surface area contributed by atoms with E-state index >= 15 is 0 Å². The number of nitrogens with one attached hydrogen (secondary N) is 1. The van der Waals surface area contributed by atoms with E-state index in [0.29, 0.717) is 6.54 Å². The SMILES string of the molecule is CC1NC(=O)CN(CCC2=CCCC2)C1=O. The highest BCUT2D eigenvalue weighted by molar-refractivity contribution is 5.94. The predicted molar refractivity (Wildman–Crippen MR) is 60.7 cm³/mol. The summed E-state index contributed by atoms with van der Waals surface area (Å²) in [6.45, 7) is 2.64. The molecule has 4 heteroatoms. The Kier molecular flexibility index (Phi) is 3.27. The quantitative estimate of drug-likeness (QED) is 0.719. The maximum absolute atomic E-state index is 11.8. The lowest BCUT2D eigenvalue weighted by Gasteiger charge is -2.30. The van der Waals surface area contributed by atoms with Crippen LogP contribution in [0.4, 0.5) is 0 Å². The van der Waals surface area contributed by atoms with E-state index in [1.54, 1.807) is 11.8 Å². The zero-order valence-corrected chi connectivity index (χ0v) is 9.66. The van der Waals surface area contributed by atoms with E-state index in [1.807, 2.05) is 0 Å². The van der Waals surface area contributed by atoms with Crippen LogP contribution in [0.2, 0.25) is 0 Å². The van der Waals surface area contributed by atoms with Gasteiger partial charge < -0.3 is 10.2 Å². The van der Waals surface area contributed by atoms with Gasteiger partial charge in [0.1, 0.15) is 6.04 Å². The third kappa shape index (κ3) is 2.43. The monoisotopic (exact) mass is 222 g/mol. The third-order valence-corrected chi connectivity index (χ3v) is 3.23. The van der Waals surface area contributed by atoms with Crippen molar-refractivity contribution in [3.63, 3.8) is 0 Å². The molecule has 1 aliphatic heterocycles. The minimum Gasteiger partial charge on any atom is -0.343 e. The van der Waals surface area contributed by atoms with E-state index in [0.717, 1.165) is 12.8 Å². The summed E-state index contributed by atoms with van der Waals surface area (Å²) < 4.78 is 0. The van der Waals surface area contributed by atoms with E-state index in [9.17, 15) is 9.59 Å². The van der Waals surface area contributed by atoms with Gasteiger partial charge in [0.2, 0.25) is 11.8 Å². The van der Waals surface area contributed by atoms with Crippen molar-refractivity contribution in [2.75, 3.05) is 13.1 Å². The molecule has 1 atom stereocenters. The van der Waals surface area contributed by atoms with Crippen LogP contribution in [0, 0.1) is 0 Å². The lowest BCUT2D eigenvalue weighted by molar-refractivity contribution is -0.143. The highest BCUT2D eigenvalue weighted by atomic mass is 16.2. The first-order valence-corrected chi connectivity index (χ1v) is 5.93. The molecule has 0 spiro atoms. The molecule has 2 rings (SSSR count). The Hall–Kier alpha value is -1.32. The highest BCUT2D eigenvalue weighted by Gasteiger charge is 2.29. The van der Waals surface area contributed by atoms with E-state index < -0.39 is 0 Å². The van der Waals surface area contributed by atoms with Crippen LogP contribution in [-0.4, -0.2) is 35.8 Å². The minimum absolute atomic E-state index is 0.0400. The van der Waals surface area contributed by atoms with Gasteiger partial charge in [0, 0.05) is 6.54 Å². The second-order valence-electron chi connectivity index (χ2n) is 4.55. The fraction of sp³-hybridized carbons (Fsp3) is 0.667. The van der Waals surface area contributed by atoms with Crippen molar-refractivity contribution in [3.8, 4) is 0 Å². The molecule has 88 valence electrons. The fourth-order valence-corrected chi connectivity index (χ4v) is 2.31. The number of carbonyl (C=O) groups is 2. The average molecular weight is 222 g/mol. The Balaban J connectivity index is 1.87. The Bertz CT molecular complexity index is 336. The molecule has 1 fully saturated rings. The highest BCUT2D eigenvalue weighted by Crippen LogP contribution is 2.21. The summed E-state index contributed by atoms with van der Waals surface area (Å²) in [5, 5.41) is 2.64. The summed E-state index contributed by atoms with van der Waals surface area (Å²) in [5.74, 6) is -0.00861. The number of nitrogens with zero attached hydrogens (tertiary/aromatic N) is 1. The molecular weight excluding hydrogens is 204 g/mol. The summed E-state index contributed by atoms with van der Waals surface area (Å²) in [6.07, 6.45) is 6.74. The van der Waals surface area contributed by atoms with Crippen molar-refractivity contribution >= 4 is 11.8 Å². The molecule has 4 nitrogen and oxygen atoms in total. The molecule has 1 saturated heterocycles. The van der Waals surface area contributed by atoms with Crippen molar-refractivity contribution < 1.29 is 9.59 Å². The maximum atomic E-state index is 11.8. The molecule has 1 N–H and O–H groups in total. The molecule has 16 heavy (non-hydrogen) atoms. The lowest BCUT2D eigenvalue weighted by atomic mass is 10.1. The van der Waals surface area contributed by atoms with Crippen molar-refractivity contribution in [3.05, 3.63) is 11.6 Å². The van der Waals surface area contributed by atoms with Crippen LogP contribution < -0.4 is 5.32 Å². The summed E-state index contributed by atoms with van der Waals surface area (Å²) in [5.41, 5.74) is 1.44. The molecule has 0 bridgehead atoms. The number of piperazine rings is 1. The first kappa shape index (κ1) is 11.2. The number of carbonyl (C=O) groups excluding carboxylic acids is 2. The van der Waals surface area contributed by atoms with Crippen molar-refractivity contribution in [1.29, 1.82) is 0 Å². The topological polar surface area (TPSA) is 49.4 Å². The van der Waals surface area contributed by atoms with Crippen LogP contribution in [0.25, 0.3) is 0 Å². The van der Waals surface area contributed by atoms with Gasteiger partial charge in [-0.25, -0.2) is 0 Å². The molecule has 1 heterocycles. The molecule has 2 amide bonds. The second-order valence-corrected chi connectivity index (χ2v) is 4.55. The summed E-state index contributed by atoms with van der Waals surface area (Å²) in [4.78, 5) is 24.7. The standard InChI is InChI=1S/C12H18N2O2/c1-9-12(16)14(8-11(15)13-9)7-6-10-4-2-3-5-10/h4,9H,2-3,5-8H2,1H3,(H,13,15). The largest absolute Gasteiger partial charge is 0.343 e. The number of hydrogen-bond acceptors (Lipinski definition) is 2. The van der Waals surface area contributed by atoms with Gasteiger partial charge in [-0.1, -0.05) is 11.6 Å². The van der Waals surface area contributed by atoms with Gasteiger partial charge in [0.05, 0.1) is 6.54 Å². The molecule has 0 aromatic heterocycles. The summed E-state index contributed by atoms with van der Waals surface area (Å²) >= 11 is 0. The zero-order chi connectivity index (χ0) is 11.5. The fourth-order valence-electron chi connectivity index (χ4n) is 2.31. The van der Waals surface area contributed by atoms with Crippen molar-refractivity contribution in [2.45, 2.75) is 38.6 Å². The van der Waals surface area contributed by atoms with Gasteiger partial charge in [-0.15, -0.1) is 0 Å². The number of rotatable bonds is 3. The number of allylic oxidation sites excluding steroid dienone is 1. The Morgan fingerprint density at radius 2 is 2.31 bits per heavy atom. The molecule has 0 aromatic carbocycles. The zero-order valence-electron chi connectivity index (χ0n) is 9.66. The summed E-state index contributed by atoms with van der Waals surface area (Å²) in [6, 6.07) is -0.362. The van der Waals surface area contributed by atoms with Gasteiger partial charge in [-0.3, -0.25) is 9.59 Å². The van der Waals surface area contributed by atoms with Gasteiger partial charge in [0.25, 0.3) is 0 Å². The first-order chi connectivity index (χ1) is 7.66. The Labute approximate surface area is 95.7 Å². The van der Waals surface area contributed by atoms with Crippen LogP contribution in [0.3, 0.4) is 0 Å². The van der Waals surface area contributed by atoms with Gasteiger partial charge in [-0.05, 0) is 32.6 Å². The maximum Gasteiger partial charge on any atom is 0.245 e. The molecule has 2 aliphatic rings. The van der Waals surface area contributed by atoms with Gasteiger partial charge in [0.15, 0.2) is 0 Å². The van der Waals surface area contributed by atoms with E-state index in [4.69, 9.17) is 0 Å². The molecule has 0 saturated carbocycles. The first-order valence-electron chi connectivity index (χ1n) is 5.93. The van der Waals surface area contributed by atoms with Crippen LogP contribution in [0.5, 0.6) is 0 Å². The molecular formula is C12H18N2O2. The van der Waals surface area contributed by atoms with Gasteiger partial charge in [-0.2, -0.15) is 0 Å². The second kappa shape index (κ2) is 4.68. The normalized spacial score (nSPS) is 25.7. The minimum atomic E-state index is -0.362. The average Bonchev–Trinajstić information content (AvgIpc) is 2.74. The van der Waals surface area contributed by atoms with Crippen LogP contribution >= 0.6 is 0 Å². The van der Waals surface area contributed by atoms with Crippen LogP contribution in [0.15, 0.2) is 11.6 Å². The van der Waals surface area contributed by atoms with E-state index in [1.165, 1.54) is 18.4 Å². The van der Waals surface area contributed by atoms with Crippen molar-refractivity contribution in [2.24, 2.45) is 0 Å². The Morgan fingerprint density at radius 3 is 3.00 bits per heavy atom. The third-order valence-electron chi connectivity index (χ3n) is 3.23. The lowest BCUT2D eigenvalue weighted by Crippen LogP contribution is -2.56. The van der Waals surface area contributed by atoms with Crippen molar-refractivity contribution in [1.82, 2.24) is 10.2 Å². The molecule has 0 aromatic rings.